The first-order valence-corrected chi connectivity index (χ1v) is 10.7. The van der Waals surface area contributed by atoms with Gasteiger partial charge in [0.15, 0.2) is 0 Å². The topological polar surface area (TPSA) is 37.4 Å². The quantitative estimate of drug-likeness (QED) is 0.274. The number of benzene rings is 2. The molecule has 3 nitrogen and oxygen atoms in total. The van der Waals surface area contributed by atoms with Crippen LogP contribution in [0.15, 0.2) is 34.8 Å². The van der Waals surface area contributed by atoms with Crippen molar-refractivity contribution in [1.29, 1.82) is 0 Å². The Morgan fingerprint density at radius 1 is 0.800 bits per heavy atom. The fourth-order valence-electron chi connectivity index (χ4n) is 3.39. The van der Waals surface area contributed by atoms with Gasteiger partial charge in [-0.05, 0) is 36.4 Å². The lowest BCUT2D eigenvalue weighted by molar-refractivity contribution is 0.0607. The van der Waals surface area contributed by atoms with Gasteiger partial charge in [-0.3, -0.25) is 14.5 Å². The SMILES string of the molecule is O=C1c2cccc3c(Br)ccc(c23)C(=O)N1CCCCCCCCBr. The number of hydrogen-bond donors (Lipinski definition) is 0. The monoisotopic (exact) mass is 465 g/mol. The van der Waals surface area contributed by atoms with Crippen LogP contribution in [0.2, 0.25) is 0 Å². The molecule has 0 N–H and O–H groups in total. The summed E-state index contributed by atoms with van der Waals surface area (Å²) in [6, 6.07) is 9.34. The van der Waals surface area contributed by atoms with E-state index in [1.165, 1.54) is 24.2 Å². The van der Waals surface area contributed by atoms with Gasteiger partial charge in [-0.15, -0.1) is 0 Å². The first-order chi connectivity index (χ1) is 12.1. The maximum absolute atomic E-state index is 12.8. The molecular formula is C20H21Br2NO2. The molecule has 0 unspecified atom stereocenters. The second kappa shape index (κ2) is 8.45. The third-order valence-corrected chi connectivity index (χ3v) is 5.96. The van der Waals surface area contributed by atoms with Crippen molar-refractivity contribution in [2.24, 2.45) is 0 Å². The van der Waals surface area contributed by atoms with Crippen molar-refractivity contribution in [3.8, 4) is 0 Å². The summed E-state index contributed by atoms with van der Waals surface area (Å²) >= 11 is 6.95. The first kappa shape index (κ1) is 18.6. The summed E-state index contributed by atoms with van der Waals surface area (Å²) in [5.74, 6) is -0.332. The average molecular weight is 467 g/mol. The number of halogens is 2. The molecule has 0 bridgehead atoms. The van der Waals surface area contributed by atoms with Gasteiger partial charge >= 0.3 is 0 Å². The smallest absolute Gasteiger partial charge is 0.261 e. The van der Waals surface area contributed by atoms with Crippen LogP contribution in [0.1, 0.15) is 59.2 Å². The predicted molar refractivity (Wildman–Crippen MR) is 109 cm³/mol. The number of unbranched alkanes of at least 4 members (excludes halogenated alkanes) is 5. The Labute approximate surface area is 165 Å². The van der Waals surface area contributed by atoms with E-state index in [-0.39, 0.29) is 11.8 Å². The highest BCUT2D eigenvalue weighted by molar-refractivity contribution is 9.10. The minimum Gasteiger partial charge on any atom is -0.274 e. The lowest BCUT2D eigenvalue weighted by Crippen LogP contribution is -2.40. The summed E-state index contributed by atoms with van der Waals surface area (Å²) in [7, 11) is 0. The highest BCUT2D eigenvalue weighted by Gasteiger charge is 2.32. The molecule has 25 heavy (non-hydrogen) atoms. The van der Waals surface area contributed by atoms with Gasteiger partial charge in [-0.1, -0.05) is 69.7 Å². The van der Waals surface area contributed by atoms with Crippen molar-refractivity contribution in [2.75, 3.05) is 11.9 Å². The standard InChI is InChI=1S/C20H21Br2NO2/c21-12-5-3-1-2-4-6-13-23-19(24)15-9-7-8-14-17(22)11-10-16(18(14)15)20(23)25/h7-11H,1-6,12-13H2. The number of imide groups is 1. The Balaban J connectivity index is 1.71. The van der Waals surface area contributed by atoms with Gasteiger partial charge in [0.05, 0.1) is 0 Å². The molecule has 3 rings (SSSR count). The highest BCUT2D eigenvalue weighted by Crippen LogP contribution is 2.34. The Bertz CT molecular complexity index is 781. The number of rotatable bonds is 8. The summed E-state index contributed by atoms with van der Waals surface area (Å²) in [6.45, 7) is 0.502. The normalized spacial score (nSPS) is 13.8. The van der Waals surface area contributed by atoms with E-state index in [9.17, 15) is 9.59 Å². The zero-order chi connectivity index (χ0) is 17.8. The fourth-order valence-corrected chi connectivity index (χ4v) is 4.24. The molecule has 2 aromatic rings. The molecule has 1 heterocycles. The van der Waals surface area contributed by atoms with Gasteiger partial charge < -0.3 is 0 Å². The molecule has 5 heteroatoms. The van der Waals surface area contributed by atoms with Gasteiger partial charge in [0.1, 0.15) is 0 Å². The van der Waals surface area contributed by atoms with Gasteiger partial charge in [0, 0.05) is 32.9 Å². The van der Waals surface area contributed by atoms with Crippen LogP contribution in [-0.2, 0) is 0 Å². The van der Waals surface area contributed by atoms with Crippen LogP contribution in [-0.4, -0.2) is 28.6 Å². The van der Waals surface area contributed by atoms with Crippen LogP contribution in [0.5, 0.6) is 0 Å². The molecule has 0 aromatic heterocycles. The van der Waals surface area contributed by atoms with Crippen molar-refractivity contribution in [1.82, 2.24) is 4.90 Å². The maximum Gasteiger partial charge on any atom is 0.261 e. The van der Waals surface area contributed by atoms with Crippen molar-refractivity contribution >= 4 is 54.4 Å². The third kappa shape index (κ3) is 3.82. The molecule has 2 amide bonds. The molecule has 0 atom stereocenters. The van der Waals surface area contributed by atoms with E-state index in [1.807, 2.05) is 30.3 Å². The number of carbonyl (C=O) groups excluding carboxylic acids is 2. The Hall–Kier alpha value is -1.20. The average Bonchev–Trinajstić information content (AvgIpc) is 2.62. The van der Waals surface area contributed by atoms with Crippen LogP contribution < -0.4 is 0 Å². The zero-order valence-corrected chi connectivity index (χ0v) is 17.2. The van der Waals surface area contributed by atoms with Gasteiger partial charge in [0.25, 0.3) is 11.8 Å². The third-order valence-electron chi connectivity index (χ3n) is 4.70. The lowest BCUT2D eigenvalue weighted by Gasteiger charge is -2.27. The maximum atomic E-state index is 12.8. The van der Waals surface area contributed by atoms with Crippen LogP contribution in [0, 0.1) is 0 Å². The van der Waals surface area contributed by atoms with Crippen LogP contribution in [0.4, 0.5) is 0 Å². The molecular weight excluding hydrogens is 446 g/mol. The molecule has 0 aliphatic carbocycles. The van der Waals surface area contributed by atoms with Crippen molar-refractivity contribution in [3.63, 3.8) is 0 Å². The number of nitrogens with zero attached hydrogens (tertiary/aromatic N) is 1. The highest BCUT2D eigenvalue weighted by atomic mass is 79.9. The summed E-state index contributed by atoms with van der Waals surface area (Å²) in [6.07, 6.45) is 6.73. The fraction of sp³-hybridized carbons (Fsp3) is 0.400. The Kier molecular flexibility index (Phi) is 6.29. The molecule has 1 aliphatic rings. The minimum atomic E-state index is -0.166. The molecule has 0 spiro atoms. The molecule has 0 radical (unpaired) electrons. The Morgan fingerprint density at radius 3 is 2.16 bits per heavy atom. The van der Waals surface area contributed by atoms with E-state index in [2.05, 4.69) is 31.9 Å². The van der Waals surface area contributed by atoms with E-state index < -0.39 is 0 Å². The summed E-state index contributed by atoms with van der Waals surface area (Å²) in [5, 5.41) is 2.76. The molecule has 0 saturated heterocycles. The van der Waals surface area contributed by atoms with Gasteiger partial charge in [-0.25, -0.2) is 0 Å². The molecule has 0 fully saturated rings. The summed E-state index contributed by atoms with van der Waals surface area (Å²) in [5.41, 5.74) is 1.26. The van der Waals surface area contributed by atoms with Crippen LogP contribution >= 0.6 is 31.9 Å². The number of amides is 2. The molecule has 132 valence electrons. The van der Waals surface area contributed by atoms with E-state index in [0.717, 1.165) is 39.8 Å². The first-order valence-electron chi connectivity index (χ1n) is 8.78. The van der Waals surface area contributed by atoms with Gasteiger partial charge in [0.2, 0.25) is 0 Å². The minimum absolute atomic E-state index is 0.166. The predicted octanol–water partition coefficient (Wildman–Crippen LogP) is 5.93. The van der Waals surface area contributed by atoms with Crippen molar-refractivity contribution < 1.29 is 9.59 Å². The van der Waals surface area contributed by atoms with E-state index in [0.29, 0.717) is 17.7 Å². The van der Waals surface area contributed by atoms with E-state index >= 15 is 0 Å². The largest absolute Gasteiger partial charge is 0.274 e. The molecule has 0 saturated carbocycles. The second-order valence-corrected chi connectivity index (χ2v) is 8.04. The summed E-state index contributed by atoms with van der Waals surface area (Å²) in [4.78, 5) is 27.0. The van der Waals surface area contributed by atoms with Crippen LogP contribution in [0.25, 0.3) is 10.8 Å². The van der Waals surface area contributed by atoms with Crippen LogP contribution in [0.3, 0.4) is 0 Å². The van der Waals surface area contributed by atoms with Gasteiger partial charge in [-0.2, -0.15) is 0 Å². The lowest BCUT2D eigenvalue weighted by atomic mass is 9.94. The second-order valence-electron chi connectivity index (χ2n) is 6.40. The van der Waals surface area contributed by atoms with E-state index in [4.69, 9.17) is 0 Å². The zero-order valence-electron chi connectivity index (χ0n) is 14.1. The van der Waals surface area contributed by atoms with Crippen molar-refractivity contribution in [2.45, 2.75) is 38.5 Å². The number of alkyl halides is 1. The number of carbonyl (C=O) groups is 2. The summed E-state index contributed by atoms with van der Waals surface area (Å²) < 4.78 is 0.908. The number of hydrogen-bond acceptors (Lipinski definition) is 2. The molecule has 2 aromatic carbocycles. The Morgan fingerprint density at radius 2 is 1.44 bits per heavy atom. The van der Waals surface area contributed by atoms with E-state index in [1.54, 1.807) is 0 Å². The van der Waals surface area contributed by atoms with Crippen molar-refractivity contribution in [3.05, 3.63) is 45.9 Å². The molecule has 1 aliphatic heterocycles.